The molecule has 4 bridgehead atoms. The van der Waals surface area contributed by atoms with E-state index in [-0.39, 0.29) is 35.9 Å². The average Bonchev–Trinajstić information content (AvgIpc) is 3.30. The van der Waals surface area contributed by atoms with Gasteiger partial charge in [0.05, 0.1) is 6.10 Å². The molecule has 1 saturated heterocycles. The number of hydrogen-bond acceptors (Lipinski definition) is 4. The second-order valence-electron chi connectivity index (χ2n) is 6.33. The lowest BCUT2D eigenvalue weighted by Crippen LogP contribution is -2.13. The smallest absolute Gasteiger partial charge is 0.168 e. The number of benzene rings is 2. The van der Waals surface area contributed by atoms with Gasteiger partial charge in [-0.15, -0.1) is 0 Å². The van der Waals surface area contributed by atoms with E-state index in [4.69, 9.17) is 4.74 Å². The molecular weight excluding hydrogens is 292 g/mol. The third-order valence-electron chi connectivity index (χ3n) is 4.64. The minimum absolute atomic E-state index is 0.0522. The van der Waals surface area contributed by atoms with Crippen LogP contribution in [0.25, 0.3) is 11.1 Å². The van der Waals surface area contributed by atoms with Crippen molar-refractivity contribution in [1.29, 1.82) is 0 Å². The van der Waals surface area contributed by atoms with Crippen LogP contribution in [0, 0.1) is 0 Å². The van der Waals surface area contributed by atoms with Gasteiger partial charge in [-0.05, 0) is 54.7 Å². The summed E-state index contributed by atoms with van der Waals surface area (Å²) in [5.74, 6) is 0.319. The van der Waals surface area contributed by atoms with E-state index < -0.39 is 0 Å². The van der Waals surface area contributed by atoms with Crippen LogP contribution in [-0.4, -0.2) is 28.2 Å². The van der Waals surface area contributed by atoms with Crippen LogP contribution < -0.4 is 0 Å². The van der Waals surface area contributed by atoms with E-state index in [0.29, 0.717) is 11.1 Å². The summed E-state index contributed by atoms with van der Waals surface area (Å²) >= 11 is 0. The lowest BCUT2D eigenvalue weighted by Gasteiger charge is -2.11. The number of fused-ring (bicyclic) bond motifs is 6. The van der Waals surface area contributed by atoms with Gasteiger partial charge in [0.15, 0.2) is 5.78 Å². The van der Waals surface area contributed by atoms with Gasteiger partial charge in [-0.3, -0.25) is 4.79 Å². The van der Waals surface area contributed by atoms with Crippen molar-refractivity contribution >= 4 is 5.78 Å². The first kappa shape index (κ1) is 14.3. The van der Waals surface area contributed by atoms with E-state index in [1.165, 1.54) is 0 Å². The zero-order valence-corrected chi connectivity index (χ0v) is 12.7. The summed E-state index contributed by atoms with van der Waals surface area (Å²) in [6, 6.07) is 10.6. The Bertz CT molecular complexity index is 781. The monoisotopic (exact) mass is 310 g/mol. The Morgan fingerprint density at radius 1 is 0.957 bits per heavy atom. The Hall–Kier alpha value is -2.33. The molecule has 2 aliphatic rings. The number of ketones is 1. The second kappa shape index (κ2) is 5.39. The molecule has 1 aliphatic heterocycles. The summed E-state index contributed by atoms with van der Waals surface area (Å²) in [4.78, 5) is 12.3. The van der Waals surface area contributed by atoms with Crippen molar-refractivity contribution in [3.05, 3.63) is 47.5 Å². The van der Waals surface area contributed by atoms with E-state index in [9.17, 15) is 15.0 Å². The lowest BCUT2D eigenvalue weighted by molar-refractivity contribution is -0.119. The molecule has 2 atom stereocenters. The SMILES string of the molecule is O=C1Cc2ccc(O)c(c2)-c2cc(ccc2O)CCCC2OC12. The third kappa shape index (κ3) is 2.70. The summed E-state index contributed by atoms with van der Waals surface area (Å²) in [5.41, 5.74) is 3.09. The van der Waals surface area contributed by atoms with Crippen LogP contribution in [0.15, 0.2) is 36.4 Å². The molecule has 2 N–H and O–H groups in total. The van der Waals surface area contributed by atoms with Gasteiger partial charge < -0.3 is 14.9 Å². The third-order valence-corrected chi connectivity index (χ3v) is 4.64. The van der Waals surface area contributed by atoms with Crippen molar-refractivity contribution in [1.82, 2.24) is 0 Å². The highest BCUT2D eigenvalue weighted by Gasteiger charge is 2.43. The fourth-order valence-electron chi connectivity index (χ4n) is 3.32. The van der Waals surface area contributed by atoms with Crippen molar-refractivity contribution in [2.24, 2.45) is 0 Å². The van der Waals surface area contributed by atoms with Crippen LogP contribution in [0.1, 0.15) is 24.0 Å². The molecule has 4 nitrogen and oxygen atoms in total. The van der Waals surface area contributed by atoms with Gasteiger partial charge in [0, 0.05) is 17.5 Å². The minimum atomic E-state index is -0.274. The van der Waals surface area contributed by atoms with Crippen molar-refractivity contribution in [3.8, 4) is 22.6 Å². The molecule has 2 aromatic rings. The van der Waals surface area contributed by atoms with Gasteiger partial charge in [0.25, 0.3) is 0 Å². The largest absolute Gasteiger partial charge is 0.507 e. The standard InChI is InChI=1S/C19H18O4/c20-15-6-4-11-2-1-3-18-19(23-18)17(22)10-12-5-7-16(21)14(9-12)13(15)8-11/h4-9,18-21H,1-3,10H2. The second-order valence-corrected chi connectivity index (χ2v) is 6.33. The molecule has 23 heavy (non-hydrogen) atoms. The number of aromatic hydroxyl groups is 2. The Labute approximate surface area is 134 Å². The first-order chi connectivity index (χ1) is 11.1. The summed E-state index contributed by atoms with van der Waals surface area (Å²) < 4.78 is 5.50. The highest BCUT2D eigenvalue weighted by atomic mass is 16.6. The maximum absolute atomic E-state index is 12.3. The van der Waals surface area contributed by atoms with Gasteiger partial charge in [0.2, 0.25) is 0 Å². The molecule has 0 aromatic heterocycles. The number of Topliss-reactive ketones (excluding diaryl/α,β-unsaturated/α-hetero) is 1. The average molecular weight is 310 g/mol. The summed E-state index contributed by atoms with van der Waals surface area (Å²) in [7, 11) is 0. The topological polar surface area (TPSA) is 70.1 Å². The molecule has 1 heterocycles. The minimum Gasteiger partial charge on any atom is -0.507 e. The molecule has 0 saturated carbocycles. The zero-order chi connectivity index (χ0) is 16.0. The fraction of sp³-hybridized carbons (Fsp3) is 0.316. The number of ether oxygens (including phenoxy) is 1. The van der Waals surface area contributed by atoms with E-state index in [2.05, 4.69) is 0 Å². The molecule has 1 aliphatic carbocycles. The van der Waals surface area contributed by atoms with Crippen LogP contribution in [0.4, 0.5) is 0 Å². The summed E-state index contributed by atoms with van der Waals surface area (Å²) in [5, 5.41) is 20.4. The van der Waals surface area contributed by atoms with E-state index >= 15 is 0 Å². The highest BCUT2D eigenvalue weighted by molar-refractivity contribution is 5.88. The normalized spacial score (nSPS) is 23.2. The fourth-order valence-corrected chi connectivity index (χ4v) is 3.32. The van der Waals surface area contributed by atoms with Gasteiger partial charge in [-0.2, -0.15) is 0 Å². The number of aryl methyl sites for hydroxylation is 1. The molecule has 1 fully saturated rings. The summed E-state index contributed by atoms with van der Waals surface area (Å²) in [6.07, 6.45) is 2.72. The molecule has 118 valence electrons. The van der Waals surface area contributed by atoms with Crippen molar-refractivity contribution in [3.63, 3.8) is 0 Å². The molecule has 4 rings (SSSR count). The van der Waals surface area contributed by atoms with E-state index in [0.717, 1.165) is 30.4 Å². The molecule has 4 heteroatoms. The molecule has 0 spiro atoms. The molecule has 0 radical (unpaired) electrons. The van der Waals surface area contributed by atoms with Crippen LogP contribution in [-0.2, 0) is 22.4 Å². The maximum Gasteiger partial charge on any atom is 0.168 e. The summed E-state index contributed by atoms with van der Waals surface area (Å²) in [6.45, 7) is 0. The van der Waals surface area contributed by atoms with E-state index in [1.807, 2.05) is 12.1 Å². The van der Waals surface area contributed by atoms with Crippen LogP contribution >= 0.6 is 0 Å². The Morgan fingerprint density at radius 2 is 1.61 bits per heavy atom. The number of phenols is 2. The van der Waals surface area contributed by atoms with Gasteiger partial charge >= 0.3 is 0 Å². The molecule has 2 unspecified atom stereocenters. The number of phenolic OH excluding ortho intramolecular Hbond substituents is 2. The molecule has 2 aromatic carbocycles. The first-order valence-corrected chi connectivity index (χ1v) is 7.94. The van der Waals surface area contributed by atoms with Gasteiger partial charge in [-0.25, -0.2) is 0 Å². The Morgan fingerprint density at radius 3 is 2.35 bits per heavy atom. The Kier molecular flexibility index (Phi) is 3.34. The quantitative estimate of drug-likeness (QED) is 0.734. The lowest BCUT2D eigenvalue weighted by atomic mass is 9.96. The first-order valence-electron chi connectivity index (χ1n) is 7.94. The predicted molar refractivity (Wildman–Crippen MR) is 85.5 cm³/mol. The van der Waals surface area contributed by atoms with E-state index in [1.54, 1.807) is 24.3 Å². The number of hydrogen-bond donors (Lipinski definition) is 2. The number of rotatable bonds is 0. The predicted octanol–water partition coefficient (Wildman–Crippen LogP) is 2.98. The van der Waals surface area contributed by atoms with Crippen molar-refractivity contribution < 1.29 is 19.7 Å². The number of carbonyl (C=O) groups is 1. The Balaban J connectivity index is 1.81. The molecular formula is C19H18O4. The zero-order valence-electron chi connectivity index (χ0n) is 12.7. The maximum atomic E-state index is 12.3. The van der Waals surface area contributed by atoms with Crippen LogP contribution in [0.2, 0.25) is 0 Å². The van der Waals surface area contributed by atoms with Crippen molar-refractivity contribution in [2.75, 3.05) is 0 Å². The highest BCUT2D eigenvalue weighted by Crippen LogP contribution is 2.38. The van der Waals surface area contributed by atoms with Crippen LogP contribution in [0.5, 0.6) is 11.5 Å². The number of carbonyl (C=O) groups excluding carboxylic acids is 1. The van der Waals surface area contributed by atoms with Crippen molar-refractivity contribution in [2.45, 2.75) is 37.9 Å². The van der Waals surface area contributed by atoms with Gasteiger partial charge in [0.1, 0.15) is 17.6 Å². The van der Waals surface area contributed by atoms with Gasteiger partial charge in [-0.1, -0.05) is 12.1 Å². The van der Waals surface area contributed by atoms with Crippen LogP contribution in [0.3, 0.4) is 0 Å². The number of epoxide rings is 1. The molecule has 0 amide bonds.